The Morgan fingerprint density at radius 1 is 1.29 bits per heavy atom. The lowest BCUT2D eigenvalue weighted by molar-refractivity contribution is 0.0689. The third-order valence-electron chi connectivity index (χ3n) is 2.59. The van der Waals surface area contributed by atoms with Gasteiger partial charge in [-0.05, 0) is 12.5 Å². The normalized spacial score (nSPS) is 9.95. The summed E-state index contributed by atoms with van der Waals surface area (Å²) in [6.07, 6.45) is 0.482. The predicted molar refractivity (Wildman–Crippen MR) is 74.0 cm³/mol. The highest BCUT2D eigenvalue weighted by Gasteiger charge is 2.12. The van der Waals surface area contributed by atoms with Gasteiger partial charge in [0.15, 0.2) is 11.5 Å². The van der Waals surface area contributed by atoms with Gasteiger partial charge in [-0.1, -0.05) is 30.3 Å². The minimum absolute atomic E-state index is 0.131. The molecule has 0 aliphatic heterocycles. The van der Waals surface area contributed by atoms with Crippen LogP contribution in [0.3, 0.4) is 0 Å². The lowest BCUT2D eigenvalue weighted by Crippen LogP contribution is -2.16. The van der Waals surface area contributed by atoms with E-state index in [1.807, 2.05) is 30.3 Å². The fraction of sp³-hybridized carbons (Fsp3) is 0.143. The van der Waals surface area contributed by atoms with Crippen molar-refractivity contribution in [3.05, 3.63) is 53.5 Å². The van der Waals surface area contributed by atoms with Gasteiger partial charge in [-0.25, -0.2) is 19.6 Å². The van der Waals surface area contributed by atoms with Crippen LogP contribution in [0.4, 0.5) is 10.6 Å². The first kappa shape index (κ1) is 14.4. The fourth-order valence-corrected chi connectivity index (χ4v) is 1.62. The highest BCUT2D eigenvalue weighted by molar-refractivity contribution is 5.87. The number of carbonyl (C=O) groups is 2. The maximum Gasteiger partial charge on any atom is 0.413 e. The van der Waals surface area contributed by atoms with E-state index in [0.717, 1.165) is 5.56 Å². The van der Waals surface area contributed by atoms with Crippen molar-refractivity contribution in [3.63, 3.8) is 0 Å². The molecule has 1 aromatic carbocycles. The minimum Gasteiger partial charge on any atom is -0.476 e. The Morgan fingerprint density at radius 3 is 2.62 bits per heavy atom. The highest BCUT2D eigenvalue weighted by atomic mass is 16.5. The Kier molecular flexibility index (Phi) is 4.45. The van der Waals surface area contributed by atoms with Crippen LogP contribution in [0.5, 0.6) is 0 Å². The summed E-state index contributed by atoms with van der Waals surface area (Å²) in [6, 6.07) is 9.22. The molecule has 0 unspecified atom stereocenters. The Bertz CT molecular complexity index is 659. The summed E-state index contributed by atoms with van der Waals surface area (Å²) in [7, 11) is 0. The van der Waals surface area contributed by atoms with Crippen LogP contribution in [-0.4, -0.2) is 27.1 Å². The SMILES string of the molecule is Cc1nc(NC(=O)OCc2ccccc2)cnc1C(=O)O. The van der Waals surface area contributed by atoms with Crippen molar-refractivity contribution in [1.82, 2.24) is 9.97 Å². The molecule has 7 nitrogen and oxygen atoms in total. The van der Waals surface area contributed by atoms with Gasteiger partial charge in [0.2, 0.25) is 0 Å². The Morgan fingerprint density at radius 2 is 2.00 bits per heavy atom. The number of benzene rings is 1. The monoisotopic (exact) mass is 287 g/mol. The number of nitrogens with zero attached hydrogens (tertiary/aromatic N) is 2. The Labute approximate surface area is 120 Å². The van der Waals surface area contributed by atoms with Crippen LogP contribution in [-0.2, 0) is 11.3 Å². The second-order valence-corrected chi connectivity index (χ2v) is 4.18. The lowest BCUT2D eigenvalue weighted by Gasteiger charge is -2.07. The molecule has 1 heterocycles. The van der Waals surface area contributed by atoms with Gasteiger partial charge >= 0.3 is 12.1 Å². The van der Waals surface area contributed by atoms with E-state index in [1.165, 1.54) is 13.1 Å². The number of rotatable bonds is 4. The molecule has 0 aliphatic carbocycles. The van der Waals surface area contributed by atoms with Gasteiger partial charge < -0.3 is 9.84 Å². The molecule has 0 bridgehead atoms. The molecule has 7 heteroatoms. The topological polar surface area (TPSA) is 101 Å². The molecule has 0 aliphatic rings. The molecule has 0 spiro atoms. The molecule has 0 atom stereocenters. The van der Waals surface area contributed by atoms with Gasteiger partial charge in [0, 0.05) is 0 Å². The smallest absolute Gasteiger partial charge is 0.413 e. The van der Waals surface area contributed by atoms with Gasteiger partial charge in [0.1, 0.15) is 6.61 Å². The second kappa shape index (κ2) is 6.47. The number of anilines is 1. The summed E-state index contributed by atoms with van der Waals surface area (Å²) in [5.41, 5.74) is 0.915. The van der Waals surface area contributed by atoms with Crippen molar-refractivity contribution in [2.75, 3.05) is 5.32 Å². The summed E-state index contributed by atoms with van der Waals surface area (Å²) in [6.45, 7) is 1.63. The average Bonchev–Trinajstić information content (AvgIpc) is 2.46. The molecule has 2 aromatic rings. The lowest BCUT2D eigenvalue weighted by atomic mass is 10.2. The molecule has 2 rings (SSSR count). The Hall–Kier alpha value is -2.96. The number of carboxylic acids is 1. The number of aromatic carboxylic acids is 1. The molecule has 1 aromatic heterocycles. The van der Waals surface area contributed by atoms with E-state index in [0.29, 0.717) is 0 Å². The maximum absolute atomic E-state index is 11.6. The number of hydrogen-bond donors (Lipinski definition) is 2. The van der Waals surface area contributed by atoms with E-state index in [4.69, 9.17) is 9.84 Å². The largest absolute Gasteiger partial charge is 0.476 e. The van der Waals surface area contributed by atoms with Crippen molar-refractivity contribution >= 4 is 17.9 Å². The minimum atomic E-state index is -1.17. The van der Waals surface area contributed by atoms with Gasteiger partial charge in [0.05, 0.1) is 11.9 Å². The van der Waals surface area contributed by atoms with E-state index in [1.54, 1.807) is 0 Å². The zero-order valence-corrected chi connectivity index (χ0v) is 11.2. The van der Waals surface area contributed by atoms with Crippen molar-refractivity contribution in [2.24, 2.45) is 0 Å². The third kappa shape index (κ3) is 4.00. The van der Waals surface area contributed by atoms with Crippen LogP contribution in [0.2, 0.25) is 0 Å². The van der Waals surface area contributed by atoms with Crippen LogP contribution in [0.15, 0.2) is 36.5 Å². The Balaban J connectivity index is 1.94. The standard InChI is InChI=1S/C14H13N3O4/c1-9-12(13(18)19)15-7-11(16-9)17-14(20)21-8-10-5-3-2-4-6-10/h2-7H,8H2,1H3,(H,18,19)(H,16,17,20). The summed E-state index contributed by atoms with van der Waals surface area (Å²) >= 11 is 0. The number of hydrogen-bond acceptors (Lipinski definition) is 5. The maximum atomic E-state index is 11.6. The first-order valence-electron chi connectivity index (χ1n) is 6.11. The van der Waals surface area contributed by atoms with E-state index in [-0.39, 0.29) is 23.8 Å². The van der Waals surface area contributed by atoms with Crippen LogP contribution in [0.25, 0.3) is 0 Å². The summed E-state index contributed by atoms with van der Waals surface area (Å²) in [5, 5.41) is 11.2. The number of ether oxygens (including phenoxy) is 1. The number of amides is 1. The van der Waals surface area contributed by atoms with E-state index < -0.39 is 12.1 Å². The molecule has 0 saturated carbocycles. The first-order chi connectivity index (χ1) is 10.1. The quantitative estimate of drug-likeness (QED) is 0.894. The van der Waals surface area contributed by atoms with Gasteiger partial charge in [-0.3, -0.25) is 5.32 Å². The highest BCUT2D eigenvalue weighted by Crippen LogP contribution is 2.08. The van der Waals surface area contributed by atoms with E-state index in [2.05, 4.69) is 15.3 Å². The first-order valence-corrected chi connectivity index (χ1v) is 6.11. The van der Waals surface area contributed by atoms with Gasteiger partial charge in [0.25, 0.3) is 0 Å². The average molecular weight is 287 g/mol. The van der Waals surface area contributed by atoms with Crippen molar-refractivity contribution in [2.45, 2.75) is 13.5 Å². The second-order valence-electron chi connectivity index (χ2n) is 4.18. The number of carbonyl (C=O) groups excluding carboxylic acids is 1. The van der Waals surface area contributed by atoms with Crippen molar-refractivity contribution in [3.8, 4) is 0 Å². The molecule has 2 N–H and O–H groups in total. The molecule has 0 radical (unpaired) electrons. The molecule has 108 valence electrons. The predicted octanol–water partition coefficient (Wildman–Crippen LogP) is 2.23. The molecular formula is C14H13N3O4. The molecule has 1 amide bonds. The summed E-state index contributed by atoms with van der Waals surface area (Å²) < 4.78 is 5.02. The number of aromatic nitrogens is 2. The van der Waals surface area contributed by atoms with E-state index >= 15 is 0 Å². The molecule has 0 fully saturated rings. The number of carboxylic acid groups (broad SMARTS) is 1. The van der Waals surface area contributed by atoms with Gasteiger partial charge in [-0.15, -0.1) is 0 Å². The zero-order valence-electron chi connectivity index (χ0n) is 11.2. The van der Waals surface area contributed by atoms with Crippen LogP contribution in [0.1, 0.15) is 21.7 Å². The molecule has 0 saturated heterocycles. The number of nitrogens with one attached hydrogen (secondary N) is 1. The van der Waals surface area contributed by atoms with Crippen molar-refractivity contribution in [1.29, 1.82) is 0 Å². The zero-order chi connectivity index (χ0) is 15.2. The van der Waals surface area contributed by atoms with Crippen LogP contribution >= 0.6 is 0 Å². The molecule has 21 heavy (non-hydrogen) atoms. The van der Waals surface area contributed by atoms with Gasteiger partial charge in [-0.2, -0.15) is 0 Å². The van der Waals surface area contributed by atoms with Crippen LogP contribution < -0.4 is 5.32 Å². The van der Waals surface area contributed by atoms with E-state index in [9.17, 15) is 9.59 Å². The molecular weight excluding hydrogens is 274 g/mol. The fourth-order valence-electron chi connectivity index (χ4n) is 1.62. The number of aryl methyl sites for hydroxylation is 1. The van der Waals surface area contributed by atoms with Crippen LogP contribution in [0, 0.1) is 6.92 Å². The summed E-state index contributed by atoms with van der Waals surface area (Å²) in [5.74, 6) is -1.03. The summed E-state index contributed by atoms with van der Waals surface area (Å²) in [4.78, 5) is 30.0. The van der Waals surface area contributed by atoms with Crippen molar-refractivity contribution < 1.29 is 19.4 Å². The third-order valence-corrected chi connectivity index (χ3v) is 2.59.